The highest BCUT2D eigenvalue weighted by Crippen LogP contribution is 2.05. The van der Waals surface area contributed by atoms with Crippen molar-refractivity contribution in [2.24, 2.45) is 0 Å². The minimum Gasteiger partial charge on any atom is -0.481 e. The number of carboxylic acids is 1. The molecule has 0 atom stereocenters. The van der Waals surface area contributed by atoms with Gasteiger partial charge in [-0.25, -0.2) is 0 Å². The minimum atomic E-state index is -0.909. The normalized spacial score (nSPS) is 9.60. The van der Waals surface area contributed by atoms with Crippen molar-refractivity contribution in [3.63, 3.8) is 0 Å². The summed E-state index contributed by atoms with van der Waals surface area (Å²) in [6, 6.07) is 0. The van der Waals surface area contributed by atoms with E-state index in [-0.39, 0.29) is 6.42 Å². The van der Waals surface area contributed by atoms with Gasteiger partial charge in [-0.15, -0.1) is 0 Å². The summed E-state index contributed by atoms with van der Waals surface area (Å²) >= 11 is 0. The SMILES string of the molecule is Nc1[nH]ncc1CC(=O)O. The largest absolute Gasteiger partial charge is 0.481 e. The topological polar surface area (TPSA) is 92.0 Å². The average molecular weight is 141 g/mol. The molecule has 0 bridgehead atoms. The van der Waals surface area contributed by atoms with Crippen molar-refractivity contribution in [3.05, 3.63) is 11.8 Å². The van der Waals surface area contributed by atoms with Crippen LogP contribution < -0.4 is 5.73 Å². The first-order chi connectivity index (χ1) is 4.70. The second kappa shape index (κ2) is 2.38. The van der Waals surface area contributed by atoms with E-state index in [4.69, 9.17) is 10.8 Å². The molecule has 0 aliphatic heterocycles. The Labute approximate surface area is 56.9 Å². The number of rotatable bonds is 2. The highest BCUT2D eigenvalue weighted by molar-refractivity contribution is 5.71. The van der Waals surface area contributed by atoms with Crippen LogP contribution in [0.25, 0.3) is 0 Å². The number of hydrogen-bond donors (Lipinski definition) is 3. The summed E-state index contributed by atoms with van der Waals surface area (Å²) in [5.41, 5.74) is 5.83. The zero-order chi connectivity index (χ0) is 7.56. The fourth-order valence-corrected chi connectivity index (χ4v) is 0.625. The summed E-state index contributed by atoms with van der Waals surface area (Å²) in [5.74, 6) is -0.587. The maximum atomic E-state index is 10.1. The number of nitrogens with zero attached hydrogens (tertiary/aromatic N) is 1. The van der Waals surface area contributed by atoms with E-state index in [9.17, 15) is 4.79 Å². The Morgan fingerprint density at radius 1 is 1.90 bits per heavy atom. The van der Waals surface area contributed by atoms with Crippen LogP contribution in [0.15, 0.2) is 6.20 Å². The summed E-state index contributed by atoms with van der Waals surface area (Å²) in [6.45, 7) is 0. The Bertz CT molecular complexity index is 243. The van der Waals surface area contributed by atoms with Gasteiger partial charge in [0.25, 0.3) is 0 Å². The van der Waals surface area contributed by atoms with Crippen LogP contribution in [-0.4, -0.2) is 21.3 Å². The lowest BCUT2D eigenvalue weighted by Crippen LogP contribution is -2.01. The summed E-state index contributed by atoms with van der Waals surface area (Å²) in [5, 5.41) is 14.3. The van der Waals surface area contributed by atoms with Crippen LogP contribution >= 0.6 is 0 Å². The fraction of sp³-hybridized carbons (Fsp3) is 0.200. The number of carbonyl (C=O) groups is 1. The highest BCUT2D eigenvalue weighted by Gasteiger charge is 2.04. The molecule has 0 fully saturated rings. The molecule has 0 aromatic carbocycles. The molecule has 0 aliphatic carbocycles. The van der Waals surface area contributed by atoms with Crippen LogP contribution in [0.4, 0.5) is 5.82 Å². The molecule has 0 saturated carbocycles. The van der Waals surface area contributed by atoms with Gasteiger partial charge in [0.1, 0.15) is 5.82 Å². The second-order valence-corrected chi connectivity index (χ2v) is 1.88. The van der Waals surface area contributed by atoms with E-state index in [2.05, 4.69) is 10.2 Å². The molecule has 0 amide bonds. The lowest BCUT2D eigenvalue weighted by Gasteiger charge is -1.90. The van der Waals surface area contributed by atoms with Crippen molar-refractivity contribution < 1.29 is 9.90 Å². The zero-order valence-electron chi connectivity index (χ0n) is 5.16. The summed E-state index contributed by atoms with van der Waals surface area (Å²) in [7, 11) is 0. The van der Waals surface area contributed by atoms with E-state index < -0.39 is 5.97 Å². The van der Waals surface area contributed by atoms with Gasteiger partial charge in [0.15, 0.2) is 0 Å². The Balaban J connectivity index is 2.74. The third-order valence-corrected chi connectivity index (χ3v) is 1.09. The van der Waals surface area contributed by atoms with Gasteiger partial charge in [-0.2, -0.15) is 5.10 Å². The number of nitrogens with two attached hydrogens (primary N) is 1. The fourth-order valence-electron chi connectivity index (χ4n) is 0.625. The van der Waals surface area contributed by atoms with Gasteiger partial charge in [0.2, 0.25) is 0 Å². The molecule has 0 aliphatic rings. The molecule has 1 rings (SSSR count). The quantitative estimate of drug-likeness (QED) is 0.523. The molecular formula is C5H7N3O2. The lowest BCUT2D eigenvalue weighted by molar-refractivity contribution is -0.136. The molecule has 54 valence electrons. The minimum absolute atomic E-state index is 0.0810. The van der Waals surface area contributed by atoms with Crippen molar-refractivity contribution in [3.8, 4) is 0 Å². The molecule has 1 aromatic rings. The number of hydrogen-bond acceptors (Lipinski definition) is 3. The van der Waals surface area contributed by atoms with Crippen molar-refractivity contribution in [1.82, 2.24) is 10.2 Å². The van der Waals surface area contributed by atoms with E-state index in [0.717, 1.165) is 0 Å². The first kappa shape index (κ1) is 6.60. The van der Waals surface area contributed by atoms with Crippen molar-refractivity contribution in [2.45, 2.75) is 6.42 Å². The Morgan fingerprint density at radius 3 is 3.00 bits per heavy atom. The van der Waals surface area contributed by atoms with Crippen LogP contribution in [0.1, 0.15) is 5.56 Å². The van der Waals surface area contributed by atoms with Gasteiger partial charge in [-0.3, -0.25) is 9.89 Å². The summed E-state index contributed by atoms with van der Waals surface area (Å²) in [4.78, 5) is 10.1. The number of aliphatic carboxylic acids is 1. The Hall–Kier alpha value is -1.52. The molecule has 0 unspecified atom stereocenters. The first-order valence-corrected chi connectivity index (χ1v) is 2.69. The van der Waals surface area contributed by atoms with Crippen molar-refractivity contribution in [2.75, 3.05) is 5.73 Å². The van der Waals surface area contributed by atoms with Gasteiger partial charge < -0.3 is 10.8 Å². The lowest BCUT2D eigenvalue weighted by atomic mass is 10.2. The number of anilines is 1. The van der Waals surface area contributed by atoms with Gasteiger partial charge in [-0.05, 0) is 0 Å². The molecule has 10 heavy (non-hydrogen) atoms. The van der Waals surface area contributed by atoms with Gasteiger partial charge >= 0.3 is 5.97 Å². The maximum Gasteiger partial charge on any atom is 0.308 e. The molecule has 4 N–H and O–H groups in total. The maximum absolute atomic E-state index is 10.1. The number of H-pyrrole nitrogens is 1. The molecule has 1 heterocycles. The van der Waals surface area contributed by atoms with E-state index in [1.807, 2.05) is 0 Å². The van der Waals surface area contributed by atoms with Crippen LogP contribution in [0.2, 0.25) is 0 Å². The summed E-state index contributed by atoms with van der Waals surface area (Å²) < 4.78 is 0. The third kappa shape index (κ3) is 1.25. The van der Waals surface area contributed by atoms with E-state index in [0.29, 0.717) is 11.4 Å². The number of aromatic amines is 1. The number of aromatic nitrogens is 2. The molecular weight excluding hydrogens is 134 g/mol. The predicted octanol–water partition coefficient (Wildman–Crippen LogP) is -0.381. The zero-order valence-corrected chi connectivity index (χ0v) is 5.16. The number of carboxylic acid groups (broad SMARTS) is 1. The van der Waals surface area contributed by atoms with E-state index in [1.54, 1.807) is 0 Å². The molecule has 0 radical (unpaired) electrons. The van der Waals surface area contributed by atoms with Crippen LogP contribution in [0.5, 0.6) is 0 Å². The summed E-state index contributed by atoms with van der Waals surface area (Å²) in [6.07, 6.45) is 1.33. The van der Waals surface area contributed by atoms with Crippen molar-refractivity contribution in [1.29, 1.82) is 0 Å². The predicted molar refractivity (Wildman–Crippen MR) is 34.3 cm³/mol. The number of nitrogen functional groups attached to an aromatic ring is 1. The number of nitrogens with one attached hydrogen (secondary N) is 1. The molecule has 5 nitrogen and oxygen atoms in total. The van der Waals surface area contributed by atoms with Crippen LogP contribution in [0, 0.1) is 0 Å². The van der Waals surface area contributed by atoms with E-state index >= 15 is 0 Å². The average Bonchev–Trinajstić information content (AvgIpc) is 2.15. The van der Waals surface area contributed by atoms with Gasteiger partial charge in [0, 0.05) is 5.56 Å². The van der Waals surface area contributed by atoms with Crippen LogP contribution in [-0.2, 0) is 11.2 Å². The standard InChI is InChI=1S/C5H7N3O2/c6-5-3(1-4(9)10)2-7-8-5/h2H,1H2,(H,9,10)(H3,6,7,8). The Morgan fingerprint density at radius 2 is 2.60 bits per heavy atom. The van der Waals surface area contributed by atoms with Gasteiger partial charge in [-0.1, -0.05) is 0 Å². The molecule has 0 spiro atoms. The van der Waals surface area contributed by atoms with E-state index in [1.165, 1.54) is 6.20 Å². The Kier molecular flexibility index (Phi) is 1.57. The highest BCUT2D eigenvalue weighted by atomic mass is 16.4. The molecule has 0 saturated heterocycles. The van der Waals surface area contributed by atoms with Crippen molar-refractivity contribution >= 4 is 11.8 Å². The molecule has 5 heteroatoms. The second-order valence-electron chi connectivity index (χ2n) is 1.88. The van der Waals surface area contributed by atoms with Crippen LogP contribution in [0.3, 0.4) is 0 Å². The smallest absolute Gasteiger partial charge is 0.308 e. The monoisotopic (exact) mass is 141 g/mol. The third-order valence-electron chi connectivity index (χ3n) is 1.09. The molecule has 1 aromatic heterocycles. The first-order valence-electron chi connectivity index (χ1n) is 2.69. The van der Waals surface area contributed by atoms with Gasteiger partial charge in [0.05, 0.1) is 12.6 Å².